The number of aromatic nitrogens is 1. The van der Waals surface area contributed by atoms with E-state index in [1.165, 1.54) is 22.9 Å². The van der Waals surface area contributed by atoms with Gasteiger partial charge in [-0.1, -0.05) is 23.7 Å². The van der Waals surface area contributed by atoms with Crippen molar-refractivity contribution in [3.63, 3.8) is 0 Å². The Hall–Kier alpha value is -2.80. The van der Waals surface area contributed by atoms with Gasteiger partial charge in [-0.15, -0.1) is 0 Å². The first-order valence-electron chi connectivity index (χ1n) is 7.01. The second-order valence-electron chi connectivity index (χ2n) is 5.29. The average Bonchev–Trinajstić information content (AvgIpc) is 2.54. The fourth-order valence-electron chi connectivity index (χ4n) is 2.53. The molecule has 1 aromatic heterocycles. The van der Waals surface area contributed by atoms with Crippen LogP contribution in [0.25, 0.3) is 16.6 Å². The maximum absolute atomic E-state index is 12.8. The Labute approximate surface area is 144 Å². The summed E-state index contributed by atoms with van der Waals surface area (Å²) in [4.78, 5) is 23.9. The fourth-order valence-corrected chi connectivity index (χ4v) is 2.80. The van der Waals surface area contributed by atoms with Gasteiger partial charge in [0.25, 0.3) is 5.91 Å². The summed E-state index contributed by atoms with van der Waals surface area (Å²) in [6.07, 6.45) is -3.35. The SMILES string of the molecule is NC(=O)c1cn(-c2ccc(C(F)(F)F)cc2Cl)c2ccccc2c1=O. The molecule has 1 amide bonds. The van der Waals surface area contributed by atoms with E-state index < -0.39 is 23.1 Å². The van der Waals surface area contributed by atoms with Gasteiger partial charge in [-0.3, -0.25) is 9.59 Å². The number of alkyl halides is 3. The Morgan fingerprint density at radius 2 is 1.80 bits per heavy atom. The molecular weight excluding hydrogens is 357 g/mol. The van der Waals surface area contributed by atoms with Crippen LogP contribution in [0.1, 0.15) is 15.9 Å². The molecule has 0 unspecified atom stereocenters. The van der Waals surface area contributed by atoms with E-state index in [-0.39, 0.29) is 21.7 Å². The van der Waals surface area contributed by atoms with Gasteiger partial charge in [0.05, 0.1) is 21.8 Å². The van der Waals surface area contributed by atoms with E-state index in [4.69, 9.17) is 17.3 Å². The number of hydrogen-bond donors (Lipinski definition) is 1. The maximum atomic E-state index is 12.8. The lowest BCUT2D eigenvalue weighted by molar-refractivity contribution is -0.137. The van der Waals surface area contributed by atoms with Crippen LogP contribution in [0, 0.1) is 0 Å². The van der Waals surface area contributed by atoms with Crippen molar-refractivity contribution in [2.75, 3.05) is 0 Å². The first-order valence-corrected chi connectivity index (χ1v) is 7.39. The maximum Gasteiger partial charge on any atom is 0.416 e. The third-order valence-corrected chi connectivity index (χ3v) is 4.01. The minimum absolute atomic E-state index is 0.181. The number of carbonyl (C=O) groups excluding carboxylic acids is 1. The topological polar surface area (TPSA) is 65.1 Å². The molecule has 0 saturated carbocycles. The van der Waals surface area contributed by atoms with Crippen LogP contribution in [-0.2, 0) is 6.18 Å². The van der Waals surface area contributed by atoms with Crippen LogP contribution in [0.3, 0.4) is 0 Å². The Morgan fingerprint density at radius 1 is 1.12 bits per heavy atom. The van der Waals surface area contributed by atoms with Gasteiger partial charge in [0.1, 0.15) is 5.56 Å². The van der Waals surface area contributed by atoms with E-state index in [9.17, 15) is 22.8 Å². The Morgan fingerprint density at radius 3 is 2.40 bits per heavy atom. The van der Waals surface area contributed by atoms with Crippen LogP contribution in [0.15, 0.2) is 53.5 Å². The van der Waals surface area contributed by atoms with Gasteiger partial charge in [-0.2, -0.15) is 13.2 Å². The van der Waals surface area contributed by atoms with Gasteiger partial charge in [0.15, 0.2) is 0 Å². The molecule has 0 radical (unpaired) electrons. The van der Waals surface area contributed by atoms with E-state index in [2.05, 4.69) is 0 Å². The quantitative estimate of drug-likeness (QED) is 0.750. The number of carbonyl (C=O) groups is 1. The number of benzene rings is 2. The summed E-state index contributed by atoms with van der Waals surface area (Å²) in [6.45, 7) is 0. The van der Waals surface area contributed by atoms with E-state index in [1.807, 2.05) is 0 Å². The minimum atomic E-state index is -4.54. The molecule has 0 saturated heterocycles. The number of hydrogen-bond acceptors (Lipinski definition) is 2. The lowest BCUT2D eigenvalue weighted by atomic mass is 10.1. The average molecular weight is 367 g/mol. The van der Waals surface area contributed by atoms with E-state index in [0.717, 1.165) is 12.1 Å². The second kappa shape index (κ2) is 5.93. The lowest BCUT2D eigenvalue weighted by Crippen LogP contribution is -2.24. The van der Waals surface area contributed by atoms with Gasteiger partial charge in [0.2, 0.25) is 5.43 Å². The molecule has 4 nitrogen and oxygen atoms in total. The minimum Gasteiger partial charge on any atom is -0.365 e. The summed E-state index contributed by atoms with van der Waals surface area (Å²) in [5, 5.41) is 0.0220. The lowest BCUT2D eigenvalue weighted by Gasteiger charge is -2.15. The van der Waals surface area contributed by atoms with Crippen LogP contribution >= 0.6 is 11.6 Å². The number of halogens is 4. The van der Waals surface area contributed by atoms with Crippen molar-refractivity contribution in [3.05, 3.63) is 75.0 Å². The third-order valence-electron chi connectivity index (χ3n) is 3.71. The van der Waals surface area contributed by atoms with Crippen molar-refractivity contribution in [2.24, 2.45) is 5.73 Å². The van der Waals surface area contributed by atoms with Gasteiger partial charge in [-0.05, 0) is 30.3 Å². The molecule has 0 bridgehead atoms. The van der Waals surface area contributed by atoms with Crippen molar-refractivity contribution in [3.8, 4) is 5.69 Å². The Bertz CT molecular complexity index is 1060. The zero-order valence-electron chi connectivity index (χ0n) is 12.5. The number of nitrogens with two attached hydrogens (primary N) is 1. The van der Waals surface area contributed by atoms with Crippen molar-refractivity contribution in [2.45, 2.75) is 6.18 Å². The summed E-state index contributed by atoms with van der Waals surface area (Å²) in [6, 6.07) is 9.18. The van der Waals surface area contributed by atoms with Gasteiger partial charge in [0, 0.05) is 11.6 Å². The fraction of sp³-hybridized carbons (Fsp3) is 0.0588. The molecule has 1 heterocycles. The van der Waals surface area contributed by atoms with Gasteiger partial charge < -0.3 is 10.3 Å². The van der Waals surface area contributed by atoms with E-state index >= 15 is 0 Å². The van der Waals surface area contributed by atoms with Crippen molar-refractivity contribution in [1.29, 1.82) is 0 Å². The summed E-state index contributed by atoms with van der Waals surface area (Å²) >= 11 is 6.03. The van der Waals surface area contributed by atoms with Crippen molar-refractivity contribution >= 4 is 28.4 Å². The molecule has 25 heavy (non-hydrogen) atoms. The standard InChI is InChI=1S/C17H10ClF3N2O2/c18-12-7-9(17(19,20)21)5-6-14(12)23-8-11(16(22)25)15(24)10-3-1-2-4-13(10)23/h1-8H,(H2,22,25). The molecule has 128 valence electrons. The van der Waals surface area contributed by atoms with Crippen LogP contribution in [-0.4, -0.2) is 10.5 Å². The van der Waals surface area contributed by atoms with Crippen molar-refractivity contribution in [1.82, 2.24) is 4.57 Å². The van der Waals surface area contributed by atoms with Crippen LogP contribution < -0.4 is 11.2 Å². The predicted molar refractivity (Wildman–Crippen MR) is 88.1 cm³/mol. The molecule has 0 aliphatic heterocycles. The van der Waals surface area contributed by atoms with Gasteiger partial charge in [-0.25, -0.2) is 0 Å². The molecule has 0 spiro atoms. The van der Waals surface area contributed by atoms with Crippen LogP contribution in [0.2, 0.25) is 5.02 Å². The molecule has 8 heteroatoms. The number of fused-ring (bicyclic) bond motifs is 1. The largest absolute Gasteiger partial charge is 0.416 e. The summed E-state index contributed by atoms with van der Waals surface area (Å²) < 4.78 is 39.8. The van der Waals surface area contributed by atoms with E-state index in [0.29, 0.717) is 5.52 Å². The normalized spacial score (nSPS) is 11.7. The Balaban J connectivity index is 2.35. The monoisotopic (exact) mass is 366 g/mol. The molecule has 3 aromatic rings. The smallest absolute Gasteiger partial charge is 0.365 e. The highest BCUT2D eigenvalue weighted by Gasteiger charge is 2.31. The van der Waals surface area contributed by atoms with Crippen LogP contribution in [0.4, 0.5) is 13.2 Å². The summed E-state index contributed by atoms with van der Waals surface area (Å²) in [5.41, 5.74) is 4.08. The highest BCUT2D eigenvalue weighted by molar-refractivity contribution is 6.32. The van der Waals surface area contributed by atoms with E-state index in [1.54, 1.807) is 18.2 Å². The molecule has 0 atom stereocenters. The molecular formula is C17H10ClF3N2O2. The molecule has 2 aromatic carbocycles. The summed E-state index contributed by atoms with van der Waals surface area (Å²) in [7, 11) is 0. The zero-order chi connectivity index (χ0) is 18.4. The van der Waals surface area contributed by atoms with Crippen molar-refractivity contribution < 1.29 is 18.0 Å². The molecule has 0 fully saturated rings. The highest BCUT2D eigenvalue weighted by atomic mass is 35.5. The highest BCUT2D eigenvalue weighted by Crippen LogP contribution is 2.33. The number of rotatable bonds is 2. The zero-order valence-corrected chi connectivity index (χ0v) is 13.2. The van der Waals surface area contributed by atoms with Gasteiger partial charge >= 0.3 is 6.18 Å². The number of primary amides is 1. The number of para-hydroxylation sites is 1. The summed E-state index contributed by atoms with van der Waals surface area (Å²) in [5.74, 6) is -0.937. The molecule has 0 aliphatic carbocycles. The Kier molecular flexibility index (Phi) is 4.04. The van der Waals surface area contributed by atoms with Crippen LogP contribution in [0.5, 0.6) is 0 Å². The molecule has 2 N–H and O–H groups in total. The number of pyridine rings is 1. The second-order valence-corrected chi connectivity index (χ2v) is 5.69. The number of nitrogens with zero attached hydrogens (tertiary/aromatic N) is 1. The molecule has 0 aliphatic rings. The number of amides is 1. The first-order chi connectivity index (χ1) is 11.7. The third kappa shape index (κ3) is 2.98. The first kappa shape index (κ1) is 17.0. The predicted octanol–water partition coefficient (Wildman–Crippen LogP) is 3.76. The molecule has 3 rings (SSSR count).